The van der Waals surface area contributed by atoms with Crippen LogP contribution in [-0.4, -0.2) is 46.5 Å². The third-order valence-corrected chi connectivity index (χ3v) is 6.61. The Bertz CT molecular complexity index is 888. The molecule has 31 heavy (non-hydrogen) atoms. The number of piperidine rings is 1. The van der Waals surface area contributed by atoms with Gasteiger partial charge >= 0.3 is 6.09 Å². The van der Waals surface area contributed by atoms with E-state index >= 15 is 0 Å². The molecule has 0 radical (unpaired) electrons. The highest BCUT2D eigenvalue weighted by atomic mass is 79.9. The number of hydrogen-bond donors (Lipinski definition) is 2. The number of amides is 3. The summed E-state index contributed by atoms with van der Waals surface area (Å²) in [5, 5.41) is 2.66. The van der Waals surface area contributed by atoms with Gasteiger partial charge in [-0.1, -0.05) is 28.9 Å². The summed E-state index contributed by atoms with van der Waals surface area (Å²) in [6, 6.07) is 2.54. The summed E-state index contributed by atoms with van der Waals surface area (Å²) in [6.07, 6.45) is 0.994. The Morgan fingerprint density at radius 1 is 1.32 bits per heavy atom. The van der Waals surface area contributed by atoms with Crippen molar-refractivity contribution in [1.82, 2.24) is 10.2 Å². The second kappa shape index (κ2) is 8.76. The zero-order chi connectivity index (χ0) is 23.1. The number of hydrogen-bond acceptors (Lipinski definition) is 4. The van der Waals surface area contributed by atoms with E-state index < -0.39 is 41.4 Å². The van der Waals surface area contributed by atoms with E-state index in [0.717, 1.165) is 12.8 Å². The third-order valence-electron chi connectivity index (χ3n) is 6.11. The van der Waals surface area contributed by atoms with Gasteiger partial charge in [-0.2, -0.15) is 0 Å². The molecule has 1 aliphatic heterocycles. The number of halogens is 2. The SMILES string of the molecule is CC1C2CCC1N(C(=O)OC(C)(C)C)C2C(=O)NC(Cc1ccc(Br)cc1F)C(N)=O. The molecule has 170 valence electrons. The first-order chi connectivity index (χ1) is 14.4. The van der Waals surface area contributed by atoms with Gasteiger partial charge in [0.05, 0.1) is 0 Å². The molecule has 0 aromatic heterocycles. The van der Waals surface area contributed by atoms with E-state index in [1.807, 2.05) is 6.92 Å². The van der Waals surface area contributed by atoms with E-state index in [1.165, 1.54) is 17.0 Å². The lowest BCUT2D eigenvalue weighted by molar-refractivity contribution is -0.132. The standard InChI is InChI=1S/C22H29BrFN3O4/c1-11-14-7-8-17(11)27(21(30)31-22(2,3)4)18(14)20(29)26-16(19(25)28)9-12-5-6-13(23)10-15(12)24/h5-6,10-11,14,16-18H,7-9H2,1-4H3,(H2,25,28)(H,26,29). The van der Waals surface area contributed by atoms with Gasteiger partial charge in [-0.05, 0) is 63.1 Å². The molecule has 2 aliphatic rings. The van der Waals surface area contributed by atoms with Crippen LogP contribution in [0.15, 0.2) is 22.7 Å². The fraction of sp³-hybridized carbons (Fsp3) is 0.591. The molecule has 1 aromatic rings. The fourth-order valence-electron chi connectivity index (χ4n) is 4.70. The van der Waals surface area contributed by atoms with Crippen molar-refractivity contribution < 1.29 is 23.5 Å². The number of ether oxygens (including phenoxy) is 1. The molecule has 9 heteroatoms. The number of nitrogens with one attached hydrogen (secondary N) is 1. The predicted octanol–water partition coefficient (Wildman–Crippen LogP) is 3.13. The van der Waals surface area contributed by atoms with Crippen molar-refractivity contribution in [2.75, 3.05) is 0 Å². The van der Waals surface area contributed by atoms with Crippen LogP contribution < -0.4 is 11.1 Å². The van der Waals surface area contributed by atoms with Crippen molar-refractivity contribution in [2.24, 2.45) is 17.6 Å². The van der Waals surface area contributed by atoms with Crippen LogP contribution in [0.2, 0.25) is 0 Å². The monoisotopic (exact) mass is 497 g/mol. The summed E-state index contributed by atoms with van der Waals surface area (Å²) in [4.78, 5) is 39.7. The third kappa shape index (κ3) is 5.02. The Morgan fingerprint density at radius 2 is 2.00 bits per heavy atom. The normalized spacial score (nSPS) is 25.9. The lowest BCUT2D eigenvalue weighted by Crippen LogP contribution is -2.57. The summed E-state index contributed by atoms with van der Waals surface area (Å²) in [7, 11) is 0. The van der Waals surface area contributed by atoms with Crippen LogP contribution >= 0.6 is 15.9 Å². The maximum absolute atomic E-state index is 14.2. The molecular weight excluding hydrogens is 469 g/mol. The fourth-order valence-corrected chi connectivity index (χ4v) is 5.03. The number of nitrogens with two attached hydrogens (primary N) is 1. The van der Waals surface area contributed by atoms with Gasteiger partial charge in [0.2, 0.25) is 11.8 Å². The Balaban J connectivity index is 1.79. The highest BCUT2D eigenvalue weighted by Crippen LogP contribution is 2.47. The number of carbonyl (C=O) groups excluding carboxylic acids is 3. The zero-order valence-electron chi connectivity index (χ0n) is 18.2. The van der Waals surface area contributed by atoms with Gasteiger partial charge in [0, 0.05) is 16.9 Å². The maximum atomic E-state index is 14.2. The quantitative estimate of drug-likeness (QED) is 0.652. The molecule has 5 unspecified atom stereocenters. The van der Waals surface area contributed by atoms with Gasteiger partial charge in [0.1, 0.15) is 23.5 Å². The summed E-state index contributed by atoms with van der Waals surface area (Å²) in [5.41, 5.74) is 5.07. The van der Waals surface area contributed by atoms with Crippen LogP contribution in [0.1, 0.15) is 46.1 Å². The average molecular weight is 498 g/mol. The van der Waals surface area contributed by atoms with E-state index in [0.29, 0.717) is 4.47 Å². The van der Waals surface area contributed by atoms with Crippen molar-refractivity contribution in [3.63, 3.8) is 0 Å². The van der Waals surface area contributed by atoms with Gasteiger partial charge in [-0.25, -0.2) is 9.18 Å². The lowest BCUT2D eigenvalue weighted by Gasteiger charge is -2.36. The Labute approximate surface area is 190 Å². The lowest BCUT2D eigenvalue weighted by atomic mass is 9.92. The largest absolute Gasteiger partial charge is 0.444 e. The van der Waals surface area contributed by atoms with Crippen molar-refractivity contribution in [3.8, 4) is 0 Å². The number of nitrogens with zero attached hydrogens (tertiary/aromatic N) is 1. The van der Waals surface area contributed by atoms with Crippen LogP contribution in [0.3, 0.4) is 0 Å². The van der Waals surface area contributed by atoms with E-state index in [4.69, 9.17) is 10.5 Å². The number of likely N-dealkylation sites (tertiary alicyclic amines) is 1. The number of carbonyl (C=O) groups is 3. The van der Waals surface area contributed by atoms with Crippen LogP contribution in [0.5, 0.6) is 0 Å². The van der Waals surface area contributed by atoms with Crippen molar-refractivity contribution in [3.05, 3.63) is 34.1 Å². The molecule has 1 aliphatic carbocycles. The number of benzene rings is 1. The average Bonchev–Trinajstić information content (AvgIpc) is 3.14. The summed E-state index contributed by atoms with van der Waals surface area (Å²) >= 11 is 3.19. The van der Waals surface area contributed by atoms with Crippen LogP contribution in [0, 0.1) is 17.7 Å². The number of primary amides is 1. The van der Waals surface area contributed by atoms with E-state index in [-0.39, 0.29) is 29.9 Å². The zero-order valence-corrected chi connectivity index (χ0v) is 19.7. The number of rotatable bonds is 5. The van der Waals surface area contributed by atoms with Gasteiger partial charge in [-0.15, -0.1) is 0 Å². The molecule has 2 fully saturated rings. The topological polar surface area (TPSA) is 102 Å². The number of fused-ring (bicyclic) bond motifs is 2. The molecule has 5 atom stereocenters. The summed E-state index contributed by atoms with van der Waals surface area (Å²) in [5.74, 6) is -1.63. The van der Waals surface area contributed by atoms with Crippen LogP contribution in [0.4, 0.5) is 9.18 Å². The maximum Gasteiger partial charge on any atom is 0.411 e. The molecule has 3 amide bonds. The molecule has 1 saturated heterocycles. The Morgan fingerprint density at radius 3 is 2.58 bits per heavy atom. The first kappa shape index (κ1) is 23.5. The molecule has 0 spiro atoms. The minimum Gasteiger partial charge on any atom is -0.444 e. The minimum atomic E-state index is -1.10. The molecule has 1 aromatic carbocycles. The van der Waals surface area contributed by atoms with E-state index in [2.05, 4.69) is 21.2 Å². The van der Waals surface area contributed by atoms with Gasteiger partial charge in [0.25, 0.3) is 0 Å². The predicted molar refractivity (Wildman–Crippen MR) is 116 cm³/mol. The highest BCUT2D eigenvalue weighted by molar-refractivity contribution is 9.10. The summed E-state index contributed by atoms with van der Waals surface area (Å²) in [6.45, 7) is 7.34. The Kier molecular flexibility index (Phi) is 6.64. The van der Waals surface area contributed by atoms with Crippen molar-refractivity contribution in [2.45, 2.75) is 70.7 Å². The van der Waals surface area contributed by atoms with Gasteiger partial charge in [-0.3, -0.25) is 14.5 Å². The van der Waals surface area contributed by atoms with Crippen molar-refractivity contribution in [1.29, 1.82) is 0 Å². The molecule has 3 rings (SSSR count). The molecule has 1 saturated carbocycles. The molecule has 1 heterocycles. The van der Waals surface area contributed by atoms with Crippen LogP contribution in [-0.2, 0) is 20.7 Å². The van der Waals surface area contributed by atoms with E-state index in [9.17, 15) is 18.8 Å². The molecule has 3 N–H and O–H groups in total. The highest BCUT2D eigenvalue weighted by Gasteiger charge is 2.57. The van der Waals surface area contributed by atoms with Crippen molar-refractivity contribution >= 4 is 33.8 Å². The first-order valence-corrected chi connectivity index (χ1v) is 11.2. The first-order valence-electron chi connectivity index (χ1n) is 10.4. The molecular formula is C22H29BrFN3O4. The van der Waals surface area contributed by atoms with Gasteiger partial charge < -0.3 is 15.8 Å². The minimum absolute atomic E-state index is 0.0320. The second-order valence-corrected chi connectivity index (χ2v) is 10.3. The molecule has 2 bridgehead atoms. The Hall–Kier alpha value is -2.16. The smallest absolute Gasteiger partial charge is 0.411 e. The van der Waals surface area contributed by atoms with Crippen LogP contribution in [0.25, 0.3) is 0 Å². The molecule has 7 nitrogen and oxygen atoms in total. The van der Waals surface area contributed by atoms with E-state index in [1.54, 1.807) is 26.8 Å². The van der Waals surface area contributed by atoms with Gasteiger partial charge in [0.15, 0.2) is 0 Å². The second-order valence-electron chi connectivity index (χ2n) is 9.40. The summed E-state index contributed by atoms with van der Waals surface area (Å²) < 4.78 is 20.4.